The fraction of sp³-hybridized carbons (Fsp3) is 0.769. The highest BCUT2D eigenvalue weighted by atomic mass is 32.1. The van der Waals surface area contributed by atoms with Crippen molar-refractivity contribution in [1.29, 1.82) is 0 Å². The minimum Gasteiger partial charge on any atom is -0.390 e. The van der Waals surface area contributed by atoms with Gasteiger partial charge in [0.2, 0.25) is 0 Å². The summed E-state index contributed by atoms with van der Waals surface area (Å²) in [5.74, 6) is 0. The second-order valence-corrected chi connectivity index (χ2v) is 5.84. The highest BCUT2D eigenvalue weighted by molar-refractivity contribution is 7.09. The van der Waals surface area contributed by atoms with Gasteiger partial charge in [0.05, 0.1) is 22.4 Å². The van der Waals surface area contributed by atoms with Crippen LogP contribution in [0.4, 0.5) is 0 Å². The van der Waals surface area contributed by atoms with E-state index >= 15 is 0 Å². The fourth-order valence-electron chi connectivity index (χ4n) is 2.72. The molecular weight excluding hydrogens is 234 g/mol. The Morgan fingerprint density at radius 2 is 2.24 bits per heavy atom. The van der Waals surface area contributed by atoms with Gasteiger partial charge in [-0.1, -0.05) is 12.8 Å². The van der Waals surface area contributed by atoms with Gasteiger partial charge < -0.3 is 9.84 Å². The molecule has 0 radical (unpaired) electrons. The zero-order chi connectivity index (χ0) is 12.3. The Hall–Kier alpha value is -0.450. The Bertz CT molecular complexity index is 358. The van der Waals surface area contributed by atoms with Gasteiger partial charge in [-0.3, -0.25) is 0 Å². The highest BCUT2D eigenvalue weighted by Crippen LogP contribution is 2.37. The molecule has 1 N–H and O–H groups in total. The van der Waals surface area contributed by atoms with Gasteiger partial charge in [0.1, 0.15) is 0 Å². The summed E-state index contributed by atoms with van der Waals surface area (Å²) in [6, 6.07) is 0. The summed E-state index contributed by atoms with van der Waals surface area (Å²) in [6.07, 6.45) is 4.47. The van der Waals surface area contributed by atoms with Crippen molar-refractivity contribution in [1.82, 2.24) is 4.98 Å². The fourth-order valence-corrected chi connectivity index (χ4v) is 3.35. The molecule has 0 spiro atoms. The minimum atomic E-state index is -0.425. The molecule has 0 saturated heterocycles. The summed E-state index contributed by atoms with van der Waals surface area (Å²) in [4.78, 5) is 4.42. The van der Waals surface area contributed by atoms with Crippen molar-refractivity contribution < 1.29 is 9.84 Å². The van der Waals surface area contributed by atoms with E-state index in [4.69, 9.17) is 4.74 Å². The average molecular weight is 255 g/mol. The number of aliphatic hydroxyl groups is 1. The number of hydrogen-bond donors (Lipinski definition) is 1. The topological polar surface area (TPSA) is 42.4 Å². The SMILES string of the molecule is CCOC1(C(O)Cc2csc(C)n2)CCCC1. The molecule has 1 saturated carbocycles. The Morgan fingerprint density at radius 1 is 1.53 bits per heavy atom. The van der Waals surface area contributed by atoms with Gasteiger partial charge in [-0.25, -0.2) is 4.98 Å². The number of thiazole rings is 1. The first-order valence-corrected chi connectivity index (χ1v) is 7.27. The van der Waals surface area contributed by atoms with Crippen molar-refractivity contribution in [2.75, 3.05) is 6.61 Å². The second kappa shape index (κ2) is 5.46. The van der Waals surface area contributed by atoms with Gasteiger partial charge in [0.25, 0.3) is 0 Å². The van der Waals surface area contributed by atoms with Gasteiger partial charge in [0.15, 0.2) is 0 Å². The van der Waals surface area contributed by atoms with E-state index in [-0.39, 0.29) is 5.60 Å². The molecule has 1 aliphatic carbocycles. The van der Waals surface area contributed by atoms with E-state index in [0.717, 1.165) is 36.4 Å². The van der Waals surface area contributed by atoms with Crippen molar-refractivity contribution in [3.63, 3.8) is 0 Å². The number of ether oxygens (including phenoxy) is 1. The maximum atomic E-state index is 10.4. The highest BCUT2D eigenvalue weighted by Gasteiger charge is 2.41. The summed E-state index contributed by atoms with van der Waals surface area (Å²) in [6.45, 7) is 4.67. The quantitative estimate of drug-likeness (QED) is 0.879. The molecule has 1 unspecified atom stereocenters. The zero-order valence-corrected chi connectivity index (χ0v) is 11.4. The lowest BCUT2D eigenvalue weighted by Crippen LogP contribution is -2.43. The van der Waals surface area contributed by atoms with E-state index in [1.54, 1.807) is 11.3 Å². The zero-order valence-electron chi connectivity index (χ0n) is 10.6. The lowest BCUT2D eigenvalue weighted by Gasteiger charge is -2.33. The lowest BCUT2D eigenvalue weighted by atomic mass is 9.91. The van der Waals surface area contributed by atoms with Crippen LogP contribution in [0.2, 0.25) is 0 Å². The molecule has 4 heteroatoms. The maximum Gasteiger partial charge on any atom is 0.0943 e. The van der Waals surface area contributed by atoms with Crippen LogP contribution in [0.25, 0.3) is 0 Å². The molecule has 1 aromatic heterocycles. The van der Waals surface area contributed by atoms with E-state index < -0.39 is 6.10 Å². The summed E-state index contributed by atoms with van der Waals surface area (Å²) in [5.41, 5.74) is 0.678. The number of hydrogen-bond acceptors (Lipinski definition) is 4. The van der Waals surface area contributed by atoms with Gasteiger partial charge in [-0.2, -0.15) is 0 Å². The second-order valence-electron chi connectivity index (χ2n) is 4.78. The van der Waals surface area contributed by atoms with Crippen LogP contribution in [0, 0.1) is 6.92 Å². The predicted molar refractivity (Wildman–Crippen MR) is 69.4 cm³/mol. The molecule has 96 valence electrons. The first kappa shape index (κ1) is 13.0. The van der Waals surface area contributed by atoms with Gasteiger partial charge in [0, 0.05) is 18.4 Å². The van der Waals surface area contributed by atoms with Gasteiger partial charge in [-0.15, -0.1) is 11.3 Å². The van der Waals surface area contributed by atoms with Crippen molar-refractivity contribution in [3.05, 3.63) is 16.1 Å². The van der Waals surface area contributed by atoms with E-state index in [2.05, 4.69) is 4.98 Å². The molecule has 1 atom stereocenters. The van der Waals surface area contributed by atoms with E-state index in [0.29, 0.717) is 13.0 Å². The first-order valence-electron chi connectivity index (χ1n) is 6.39. The third kappa shape index (κ3) is 2.87. The molecule has 0 bridgehead atoms. The summed E-state index contributed by atoms with van der Waals surface area (Å²) >= 11 is 1.64. The molecule has 2 rings (SSSR count). The first-order chi connectivity index (χ1) is 8.16. The van der Waals surface area contributed by atoms with Crippen molar-refractivity contribution in [2.45, 2.75) is 57.7 Å². The third-order valence-corrected chi connectivity index (χ3v) is 4.38. The molecular formula is C13H21NO2S. The van der Waals surface area contributed by atoms with Crippen LogP contribution in [0.1, 0.15) is 43.3 Å². The van der Waals surface area contributed by atoms with Crippen LogP contribution in [0.5, 0.6) is 0 Å². The standard InChI is InChI=1S/C13H21NO2S/c1-3-16-13(6-4-5-7-13)12(15)8-11-9-17-10(2)14-11/h9,12,15H,3-8H2,1-2H3. The molecule has 0 aliphatic heterocycles. The van der Waals surface area contributed by atoms with E-state index in [9.17, 15) is 5.11 Å². The van der Waals surface area contributed by atoms with Crippen LogP contribution in [0.3, 0.4) is 0 Å². The minimum absolute atomic E-state index is 0.313. The molecule has 0 aromatic carbocycles. The Labute approximate surface area is 107 Å². The van der Waals surface area contributed by atoms with E-state index in [1.807, 2.05) is 19.2 Å². The van der Waals surface area contributed by atoms with Crippen molar-refractivity contribution in [2.24, 2.45) is 0 Å². The Morgan fingerprint density at radius 3 is 2.76 bits per heavy atom. The molecule has 3 nitrogen and oxygen atoms in total. The Balaban J connectivity index is 2.03. The smallest absolute Gasteiger partial charge is 0.0943 e. The Kier molecular flexibility index (Phi) is 4.17. The molecule has 1 aliphatic rings. The largest absolute Gasteiger partial charge is 0.390 e. The molecule has 17 heavy (non-hydrogen) atoms. The van der Waals surface area contributed by atoms with Crippen LogP contribution >= 0.6 is 11.3 Å². The van der Waals surface area contributed by atoms with Gasteiger partial charge in [-0.05, 0) is 26.7 Å². The molecule has 1 fully saturated rings. The van der Waals surface area contributed by atoms with Crippen LogP contribution in [-0.4, -0.2) is 28.4 Å². The monoisotopic (exact) mass is 255 g/mol. The maximum absolute atomic E-state index is 10.4. The van der Waals surface area contributed by atoms with Gasteiger partial charge >= 0.3 is 0 Å². The summed E-state index contributed by atoms with van der Waals surface area (Å²) in [5, 5.41) is 13.5. The van der Waals surface area contributed by atoms with Crippen molar-refractivity contribution in [3.8, 4) is 0 Å². The number of rotatable bonds is 5. The molecule has 0 amide bonds. The van der Waals surface area contributed by atoms with Crippen molar-refractivity contribution >= 4 is 11.3 Å². The third-order valence-electron chi connectivity index (χ3n) is 3.56. The molecule has 1 heterocycles. The number of nitrogens with zero attached hydrogens (tertiary/aromatic N) is 1. The number of aliphatic hydroxyl groups excluding tert-OH is 1. The summed E-state index contributed by atoms with van der Waals surface area (Å²) < 4.78 is 5.86. The molecule has 1 aromatic rings. The van der Waals surface area contributed by atoms with Crippen LogP contribution in [0.15, 0.2) is 5.38 Å². The van der Waals surface area contributed by atoms with E-state index in [1.165, 1.54) is 0 Å². The lowest BCUT2D eigenvalue weighted by molar-refractivity contribution is -0.115. The number of aromatic nitrogens is 1. The predicted octanol–water partition coefficient (Wildman–Crippen LogP) is 2.70. The van der Waals surface area contributed by atoms with Crippen LogP contribution in [-0.2, 0) is 11.2 Å². The van der Waals surface area contributed by atoms with Crippen LogP contribution < -0.4 is 0 Å². The normalized spacial score (nSPS) is 20.6. The summed E-state index contributed by atoms with van der Waals surface area (Å²) in [7, 11) is 0. The average Bonchev–Trinajstić information content (AvgIpc) is 2.89. The number of aryl methyl sites for hydroxylation is 1.